The Morgan fingerprint density at radius 2 is 1.87 bits per heavy atom. The second-order valence-electron chi connectivity index (χ2n) is 6.26. The fraction of sp³-hybridized carbons (Fsp3) is 0.333. The lowest BCUT2D eigenvalue weighted by Crippen LogP contribution is -2.28. The van der Waals surface area contributed by atoms with Crippen LogP contribution in [0.5, 0.6) is 11.5 Å². The molecule has 0 N–H and O–H groups in total. The fourth-order valence-corrected chi connectivity index (χ4v) is 2.93. The highest BCUT2D eigenvalue weighted by Crippen LogP contribution is 2.46. The van der Waals surface area contributed by atoms with Crippen molar-refractivity contribution in [2.75, 3.05) is 0 Å². The van der Waals surface area contributed by atoms with Gasteiger partial charge in [0.1, 0.15) is 18.5 Å². The van der Waals surface area contributed by atoms with Crippen LogP contribution in [0.2, 0.25) is 5.02 Å². The number of rotatable bonds is 3. The lowest BCUT2D eigenvalue weighted by Gasteiger charge is -2.22. The third-order valence-electron chi connectivity index (χ3n) is 4.43. The van der Waals surface area contributed by atoms with E-state index in [0.29, 0.717) is 16.3 Å². The summed E-state index contributed by atoms with van der Waals surface area (Å²) in [5.74, 6) is -1.19. The lowest BCUT2D eigenvalue weighted by atomic mass is 9.81. The predicted molar refractivity (Wildman–Crippen MR) is 85.3 cm³/mol. The van der Waals surface area contributed by atoms with E-state index in [0.717, 1.165) is 17.7 Å². The molecule has 0 saturated heterocycles. The molecule has 2 nitrogen and oxygen atoms in total. The van der Waals surface area contributed by atoms with Gasteiger partial charge in [-0.2, -0.15) is 0 Å². The monoisotopic (exact) mass is 338 g/mol. The summed E-state index contributed by atoms with van der Waals surface area (Å²) in [5.41, 5.74) is 1.45. The summed E-state index contributed by atoms with van der Waals surface area (Å²) in [6.07, 6.45) is -0.0279. The maximum absolute atomic E-state index is 13.7. The SMILES string of the molecule is CC1Oc2c(COc3c(F)cccc3F)cc(Cl)cc2C1(C)C. The van der Waals surface area contributed by atoms with Gasteiger partial charge in [-0.25, -0.2) is 8.78 Å². The second-order valence-corrected chi connectivity index (χ2v) is 6.70. The smallest absolute Gasteiger partial charge is 0.191 e. The first-order valence-electron chi connectivity index (χ1n) is 7.37. The molecule has 0 radical (unpaired) electrons. The topological polar surface area (TPSA) is 18.5 Å². The molecular formula is C18H17ClF2O2. The zero-order chi connectivity index (χ0) is 16.8. The Hall–Kier alpha value is -1.81. The number of fused-ring (bicyclic) bond motifs is 1. The van der Waals surface area contributed by atoms with Crippen molar-refractivity contribution in [3.05, 3.63) is 58.1 Å². The minimum Gasteiger partial charge on any atom is -0.489 e. The Bertz CT molecular complexity index is 739. The third-order valence-corrected chi connectivity index (χ3v) is 4.64. The highest BCUT2D eigenvalue weighted by atomic mass is 35.5. The molecule has 0 spiro atoms. The van der Waals surface area contributed by atoms with Crippen LogP contribution in [0.4, 0.5) is 8.78 Å². The maximum atomic E-state index is 13.7. The molecular weight excluding hydrogens is 322 g/mol. The van der Waals surface area contributed by atoms with Crippen molar-refractivity contribution in [3.8, 4) is 11.5 Å². The van der Waals surface area contributed by atoms with Gasteiger partial charge in [-0.15, -0.1) is 0 Å². The number of para-hydroxylation sites is 1. The van der Waals surface area contributed by atoms with Gasteiger partial charge >= 0.3 is 0 Å². The largest absolute Gasteiger partial charge is 0.489 e. The van der Waals surface area contributed by atoms with Gasteiger partial charge in [-0.1, -0.05) is 31.5 Å². The minimum absolute atomic E-state index is 0.0243. The van der Waals surface area contributed by atoms with Crippen LogP contribution in [0.1, 0.15) is 31.9 Å². The minimum atomic E-state index is -0.738. The van der Waals surface area contributed by atoms with E-state index in [9.17, 15) is 8.78 Å². The summed E-state index contributed by atoms with van der Waals surface area (Å²) >= 11 is 6.19. The second kappa shape index (κ2) is 5.68. The van der Waals surface area contributed by atoms with E-state index in [4.69, 9.17) is 21.1 Å². The lowest BCUT2D eigenvalue weighted by molar-refractivity contribution is 0.181. The molecule has 0 aliphatic carbocycles. The number of benzene rings is 2. The Morgan fingerprint density at radius 1 is 1.22 bits per heavy atom. The van der Waals surface area contributed by atoms with Crippen LogP contribution in [0.25, 0.3) is 0 Å². The predicted octanol–water partition coefficient (Wildman–Crippen LogP) is 5.26. The van der Waals surface area contributed by atoms with Gasteiger partial charge in [0.15, 0.2) is 17.4 Å². The summed E-state index contributed by atoms with van der Waals surface area (Å²) < 4.78 is 38.6. The molecule has 0 bridgehead atoms. The number of hydrogen-bond donors (Lipinski definition) is 0. The normalized spacial score (nSPS) is 18.4. The van der Waals surface area contributed by atoms with Gasteiger partial charge in [-0.05, 0) is 31.2 Å². The van der Waals surface area contributed by atoms with E-state index >= 15 is 0 Å². The van der Waals surface area contributed by atoms with Crippen molar-refractivity contribution < 1.29 is 18.3 Å². The molecule has 1 aliphatic rings. The quantitative estimate of drug-likeness (QED) is 0.760. The fourth-order valence-electron chi connectivity index (χ4n) is 2.69. The Kier molecular flexibility index (Phi) is 3.96. The molecule has 1 unspecified atom stereocenters. The maximum Gasteiger partial charge on any atom is 0.191 e. The molecule has 1 heterocycles. The number of halogens is 3. The molecule has 0 aromatic heterocycles. The van der Waals surface area contributed by atoms with Gasteiger partial charge in [0, 0.05) is 21.6 Å². The molecule has 0 amide bonds. The van der Waals surface area contributed by atoms with Crippen molar-refractivity contribution in [2.45, 2.75) is 38.9 Å². The van der Waals surface area contributed by atoms with Gasteiger partial charge in [0.2, 0.25) is 0 Å². The van der Waals surface area contributed by atoms with Crippen LogP contribution in [0, 0.1) is 11.6 Å². The molecule has 2 aromatic rings. The Balaban J connectivity index is 1.94. The van der Waals surface area contributed by atoms with Crippen LogP contribution in [-0.4, -0.2) is 6.10 Å². The molecule has 3 rings (SSSR count). The summed E-state index contributed by atoms with van der Waals surface area (Å²) in [5, 5.41) is 0.544. The molecule has 0 fully saturated rings. The van der Waals surface area contributed by atoms with Crippen LogP contribution >= 0.6 is 11.6 Å². The number of hydrogen-bond acceptors (Lipinski definition) is 2. The average Bonchev–Trinajstić information content (AvgIpc) is 2.70. The van der Waals surface area contributed by atoms with Gasteiger partial charge < -0.3 is 9.47 Å². The van der Waals surface area contributed by atoms with E-state index in [-0.39, 0.29) is 18.1 Å². The zero-order valence-electron chi connectivity index (χ0n) is 13.1. The first-order valence-corrected chi connectivity index (χ1v) is 7.75. The first-order chi connectivity index (χ1) is 10.8. The Labute approximate surface area is 139 Å². The molecule has 1 atom stereocenters. The van der Waals surface area contributed by atoms with Gasteiger partial charge in [0.25, 0.3) is 0 Å². The van der Waals surface area contributed by atoms with Crippen LogP contribution in [-0.2, 0) is 12.0 Å². The highest BCUT2D eigenvalue weighted by Gasteiger charge is 2.40. The van der Waals surface area contributed by atoms with E-state index in [1.807, 2.05) is 13.0 Å². The molecule has 1 aliphatic heterocycles. The van der Waals surface area contributed by atoms with Gasteiger partial charge in [-0.3, -0.25) is 0 Å². The van der Waals surface area contributed by atoms with Crippen molar-refractivity contribution in [1.82, 2.24) is 0 Å². The van der Waals surface area contributed by atoms with Gasteiger partial charge in [0.05, 0.1) is 0 Å². The van der Waals surface area contributed by atoms with E-state index < -0.39 is 17.4 Å². The molecule has 5 heteroatoms. The van der Waals surface area contributed by atoms with Crippen LogP contribution in [0.3, 0.4) is 0 Å². The summed E-state index contributed by atoms with van der Waals surface area (Å²) in [6, 6.07) is 7.17. The molecule has 2 aromatic carbocycles. The molecule has 0 saturated carbocycles. The number of ether oxygens (including phenoxy) is 2. The van der Waals surface area contributed by atoms with Crippen molar-refractivity contribution in [3.63, 3.8) is 0 Å². The van der Waals surface area contributed by atoms with Crippen LogP contribution in [0.15, 0.2) is 30.3 Å². The van der Waals surface area contributed by atoms with Crippen molar-refractivity contribution in [2.24, 2.45) is 0 Å². The van der Waals surface area contributed by atoms with E-state index in [1.165, 1.54) is 6.07 Å². The van der Waals surface area contributed by atoms with E-state index in [1.54, 1.807) is 6.07 Å². The van der Waals surface area contributed by atoms with Crippen molar-refractivity contribution in [1.29, 1.82) is 0 Å². The Morgan fingerprint density at radius 3 is 2.52 bits per heavy atom. The first kappa shape index (κ1) is 16.1. The van der Waals surface area contributed by atoms with E-state index in [2.05, 4.69) is 13.8 Å². The highest BCUT2D eigenvalue weighted by molar-refractivity contribution is 6.30. The van der Waals surface area contributed by atoms with Crippen molar-refractivity contribution >= 4 is 11.6 Å². The summed E-state index contributed by atoms with van der Waals surface area (Å²) in [7, 11) is 0. The average molecular weight is 339 g/mol. The molecule has 23 heavy (non-hydrogen) atoms. The van der Waals surface area contributed by atoms with Crippen LogP contribution < -0.4 is 9.47 Å². The molecule has 122 valence electrons. The standard InChI is InChI=1S/C18H17ClF2O2/c1-10-18(2,3)13-8-12(19)7-11(16(13)23-10)9-22-17-14(20)5-4-6-15(17)21/h4-8,10H,9H2,1-3H3. The summed E-state index contributed by atoms with van der Waals surface area (Å²) in [6.45, 7) is 6.10. The summed E-state index contributed by atoms with van der Waals surface area (Å²) in [4.78, 5) is 0. The third kappa shape index (κ3) is 2.76. The zero-order valence-corrected chi connectivity index (χ0v) is 13.9.